The van der Waals surface area contributed by atoms with Crippen LogP contribution in [0.3, 0.4) is 0 Å². The highest BCUT2D eigenvalue weighted by Crippen LogP contribution is 2.16. The topological polar surface area (TPSA) is 78.9 Å². The molecular weight excluding hydrogens is 901 g/mol. The van der Waals surface area contributed by atoms with Crippen LogP contribution in [0.25, 0.3) is 0 Å². The minimum absolute atomic E-state index is 0.104. The fourth-order valence-corrected chi connectivity index (χ4v) is 8.28. The molecule has 0 heterocycles. The average molecular weight is 1010 g/mol. The van der Waals surface area contributed by atoms with E-state index >= 15 is 0 Å². The summed E-state index contributed by atoms with van der Waals surface area (Å²) in [7, 11) is 0. The largest absolute Gasteiger partial charge is 0.462 e. The average Bonchev–Trinajstić information content (AvgIpc) is 3.39. The molecule has 0 aromatic heterocycles. The monoisotopic (exact) mass is 1010 g/mol. The minimum atomic E-state index is -0.814. The van der Waals surface area contributed by atoms with E-state index in [4.69, 9.17) is 14.2 Å². The lowest BCUT2D eigenvalue weighted by atomic mass is 10.0. The SMILES string of the molecule is CC/C=C\C/C=C\C/C=C\C/C=C\C/C=C\CCCCCC(=O)O[C@H](COC(=O)CCCC/C=C\C/C=C\C/C=C\C/C=C\CC)COC(=O)CCCCCCCCCCCCCCCCCCCCCCC. The molecule has 0 aromatic carbocycles. The number of hydrogen-bond acceptors (Lipinski definition) is 6. The summed E-state index contributed by atoms with van der Waals surface area (Å²) in [6.45, 7) is 6.37. The van der Waals surface area contributed by atoms with E-state index in [1.165, 1.54) is 116 Å². The number of rotatable bonds is 54. The first-order chi connectivity index (χ1) is 36.0. The Bertz CT molecular complexity index is 1490. The zero-order valence-corrected chi connectivity index (χ0v) is 47.6. The van der Waals surface area contributed by atoms with Crippen molar-refractivity contribution in [3.63, 3.8) is 0 Å². The minimum Gasteiger partial charge on any atom is -0.462 e. The second-order valence-corrected chi connectivity index (χ2v) is 19.9. The maximum absolute atomic E-state index is 12.9. The molecule has 416 valence electrons. The van der Waals surface area contributed by atoms with Crippen LogP contribution < -0.4 is 0 Å². The van der Waals surface area contributed by atoms with Crippen LogP contribution in [0.1, 0.15) is 278 Å². The standard InChI is InChI=1S/C67H112O6/c1-4-7-10-13-16-19-22-25-28-30-32-33-35-36-39-42-45-48-51-54-57-60-66(69)72-63-64(62-71-65(68)59-56-53-50-47-44-41-38-27-24-21-18-15-12-9-6-3)73-67(70)61-58-55-52-49-46-43-40-37-34-31-29-26-23-20-17-14-11-8-5-2/h8-9,11-12,17-18,20-21,26-27,29,34,37-38,43-44,46-47,64H,4-7,10,13-16,19,22-25,28,30-33,35-36,39-42,45,48-63H2,1-3H3/b11-8-,12-9-,20-17-,21-18-,29-26-,37-34-,38-27-,46-43-,47-44-/t64-/m1/s1. The Kier molecular flexibility index (Phi) is 57.4. The van der Waals surface area contributed by atoms with Crippen molar-refractivity contribution in [2.45, 2.75) is 284 Å². The van der Waals surface area contributed by atoms with Gasteiger partial charge in [0, 0.05) is 19.3 Å². The van der Waals surface area contributed by atoms with E-state index in [1.54, 1.807) is 0 Å². The van der Waals surface area contributed by atoms with Crippen molar-refractivity contribution in [3.05, 3.63) is 109 Å². The molecule has 73 heavy (non-hydrogen) atoms. The van der Waals surface area contributed by atoms with Crippen molar-refractivity contribution in [2.24, 2.45) is 0 Å². The summed E-state index contributed by atoms with van der Waals surface area (Å²) >= 11 is 0. The van der Waals surface area contributed by atoms with Gasteiger partial charge >= 0.3 is 17.9 Å². The molecule has 0 unspecified atom stereocenters. The van der Waals surface area contributed by atoms with Gasteiger partial charge in [-0.25, -0.2) is 0 Å². The molecule has 6 heteroatoms. The zero-order valence-electron chi connectivity index (χ0n) is 47.6. The molecule has 0 aliphatic rings. The van der Waals surface area contributed by atoms with Crippen molar-refractivity contribution >= 4 is 17.9 Å². The Balaban J connectivity index is 4.45. The Morgan fingerprint density at radius 2 is 0.534 bits per heavy atom. The third-order valence-corrected chi connectivity index (χ3v) is 12.8. The van der Waals surface area contributed by atoms with Gasteiger partial charge in [-0.1, -0.05) is 265 Å². The normalized spacial score (nSPS) is 12.9. The predicted molar refractivity (Wildman–Crippen MR) is 316 cm³/mol. The summed E-state index contributed by atoms with van der Waals surface area (Å²) in [6.07, 6.45) is 82.4. The van der Waals surface area contributed by atoms with Gasteiger partial charge in [0.1, 0.15) is 13.2 Å². The van der Waals surface area contributed by atoms with Gasteiger partial charge in [0.25, 0.3) is 0 Å². The lowest BCUT2D eigenvalue weighted by Crippen LogP contribution is -2.30. The van der Waals surface area contributed by atoms with Crippen LogP contribution in [0.5, 0.6) is 0 Å². The molecular formula is C67H112O6. The summed E-state index contributed by atoms with van der Waals surface area (Å²) in [5.74, 6) is -0.975. The van der Waals surface area contributed by atoms with Crippen LogP contribution in [0.2, 0.25) is 0 Å². The summed E-state index contributed by atoms with van der Waals surface area (Å²) in [6, 6.07) is 0. The number of hydrogen-bond donors (Lipinski definition) is 0. The van der Waals surface area contributed by atoms with Gasteiger partial charge < -0.3 is 14.2 Å². The van der Waals surface area contributed by atoms with E-state index in [1.807, 2.05) is 0 Å². The van der Waals surface area contributed by atoms with Gasteiger partial charge in [0.15, 0.2) is 6.10 Å². The number of carbonyl (C=O) groups is 3. The van der Waals surface area contributed by atoms with E-state index in [-0.39, 0.29) is 37.5 Å². The highest BCUT2D eigenvalue weighted by atomic mass is 16.6. The molecule has 0 spiro atoms. The summed E-state index contributed by atoms with van der Waals surface area (Å²) in [4.78, 5) is 38.2. The third-order valence-electron chi connectivity index (χ3n) is 12.8. The van der Waals surface area contributed by atoms with E-state index < -0.39 is 6.10 Å². The maximum Gasteiger partial charge on any atom is 0.306 e. The zero-order chi connectivity index (χ0) is 52.9. The molecule has 0 bridgehead atoms. The van der Waals surface area contributed by atoms with Gasteiger partial charge in [0.05, 0.1) is 0 Å². The van der Waals surface area contributed by atoms with Gasteiger partial charge in [-0.2, -0.15) is 0 Å². The highest BCUT2D eigenvalue weighted by molar-refractivity contribution is 5.71. The number of esters is 3. The fraction of sp³-hybridized carbons (Fsp3) is 0.687. The molecule has 0 saturated carbocycles. The first kappa shape index (κ1) is 69.1. The van der Waals surface area contributed by atoms with E-state index in [9.17, 15) is 14.4 Å². The Morgan fingerprint density at radius 3 is 0.863 bits per heavy atom. The lowest BCUT2D eigenvalue weighted by molar-refractivity contribution is -0.167. The fourth-order valence-electron chi connectivity index (χ4n) is 8.28. The van der Waals surface area contributed by atoms with Crippen LogP contribution >= 0.6 is 0 Å². The first-order valence-corrected chi connectivity index (χ1v) is 30.4. The molecule has 0 radical (unpaired) electrons. The number of allylic oxidation sites excluding steroid dienone is 18. The van der Waals surface area contributed by atoms with Gasteiger partial charge in [-0.05, 0) is 103 Å². The number of unbranched alkanes of at least 4 members (excludes halogenated alkanes) is 25. The molecule has 0 N–H and O–H groups in total. The summed E-state index contributed by atoms with van der Waals surface area (Å²) in [5, 5.41) is 0. The second kappa shape index (κ2) is 60.6. The molecule has 0 saturated heterocycles. The van der Waals surface area contributed by atoms with Crippen LogP contribution in [-0.2, 0) is 28.6 Å². The van der Waals surface area contributed by atoms with Crippen molar-refractivity contribution < 1.29 is 28.6 Å². The van der Waals surface area contributed by atoms with E-state index in [2.05, 4.69) is 130 Å². The van der Waals surface area contributed by atoms with Gasteiger partial charge in [-0.3, -0.25) is 14.4 Å². The molecule has 0 amide bonds. The second-order valence-electron chi connectivity index (χ2n) is 19.9. The van der Waals surface area contributed by atoms with E-state index in [0.717, 1.165) is 116 Å². The molecule has 1 atom stereocenters. The number of ether oxygens (including phenoxy) is 3. The Labute approximate surface area is 450 Å². The van der Waals surface area contributed by atoms with Crippen molar-refractivity contribution in [3.8, 4) is 0 Å². The molecule has 0 aromatic rings. The van der Waals surface area contributed by atoms with Crippen LogP contribution in [-0.4, -0.2) is 37.2 Å². The van der Waals surface area contributed by atoms with Gasteiger partial charge in [0.2, 0.25) is 0 Å². The molecule has 0 fully saturated rings. The molecule has 6 nitrogen and oxygen atoms in total. The maximum atomic E-state index is 12.9. The lowest BCUT2D eigenvalue weighted by Gasteiger charge is -2.18. The third kappa shape index (κ3) is 58.8. The quantitative estimate of drug-likeness (QED) is 0.0261. The smallest absolute Gasteiger partial charge is 0.306 e. The van der Waals surface area contributed by atoms with E-state index in [0.29, 0.717) is 19.3 Å². The summed E-state index contributed by atoms with van der Waals surface area (Å²) < 4.78 is 16.8. The highest BCUT2D eigenvalue weighted by Gasteiger charge is 2.19. The Morgan fingerprint density at radius 1 is 0.288 bits per heavy atom. The first-order valence-electron chi connectivity index (χ1n) is 30.4. The van der Waals surface area contributed by atoms with Crippen molar-refractivity contribution in [1.82, 2.24) is 0 Å². The van der Waals surface area contributed by atoms with Crippen LogP contribution in [0.15, 0.2) is 109 Å². The molecule has 0 aliphatic heterocycles. The van der Waals surface area contributed by atoms with Crippen molar-refractivity contribution in [2.75, 3.05) is 13.2 Å². The van der Waals surface area contributed by atoms with Crippen LogP contribution in [0.4, 0.5) is 0 Å². The molecule has 0 aliphatic carbocycles. The van der Waals surface area contributed by atoms with Crippen molar-refractivity contribution in [1.29, 1.82) is 0 Å². The Hall–Kier alpha value is -3.93. The molecule has 0 rings (SSSR count). The summed E-state index contributed by atoms with van der Waals surface area (Å²) in [5.41, 5.74) is 0. The van der Waals surface area contributed by atoms with Crippen LogP contribution in [0, 0.1) is 0 Å². The number of carbonyl (C=O) groups excluding carboxylic acids is 3. The predicted octanol–water partition coefficient (Wildman–Crippen LogP) is 20.7. The van der Waals surface area contributed by atoms with Gasteiger partial charge in [-0.15, -0.1) is 0 Å².